The molecule has 0 radical (unpaired) electrons. The van der Waals surface area contributed by atoms with Crippen molar-refractivity contribution in [1.82, 2.24) is 4.90 Å². The number of rotatable bonds is 6. The molecule has 15 heavy (non-hydrogen) atoms. The van der Waals surface area contributed by atoms with Gasteiger partial charge in [0.1, 0.15) is 6.54 Å². The van der Waals surface area contributed by atoms with Crippen LogP contribution in [0.25, 0.3) is 0 Å². The molecule has 0 bridgehead atoms. The first-order valence-electron chi connectivity index (χ1n) is 4.91. The third-order valence-corrected chi connectivity index (χ3v) is 2.83. The zero-order chi connectivity index (χ0) is 12.0. The van der Waals surface area contributed by atoms with Crippen LogP contribution in [0.4, 0.5) is 0 Å². The van der Waals surface area contributed by atoms with E-state index in [1.807, 2.05) is 20.1 Å². The van der Waals surface area contributed by atoms with E-state index in [9.17, 15) is 9.59 Å². The van der Waals surface area contributed by atoms with Gasteiger partial charge in [0.05, 0.1) is 5.25 Å². The van der Waals surface area contributed by atoms with E-state index in [4.69, 9.17) is 5.11 Å². The highest BCUT2D eigenvalue weighted by Crippen LogP contribution is 2.10. The molecule has 0 aromatic heterocycles. The topological polar surface area (TPSA) is 57.6 Å². The summed E-state index contributed by atoms with van der Waals surface area (Å²) in [6.07, 6.45) is 1.84. The van der Waals surface area contributed by atoms with E-state index in [0.717, 1.165) is 0 Å². The van der Waals surface area contributed by atoms with E-state index >= 15 is 0 Å². The molecule has 5 heteroatoms. The predicted octanol–water partition coefficient (Wildman–Crippen LogP) is 1.31. The Labute approximate surface area is 95.0 Å². The molecule has 0 saturated carbocycles. The fraction of sp³-hybridized carbons (Fsp3) is 0.800. The van der Waals surface area contributed by atoms with Crippen molar-refractivity contribution in [3.8, 4) is 0 Å². The molecule has 1 unspecified atom stereocenters. The number of hydrogen-bond acceptors (Lipinski definition) is 3. The highest BCUT2D eigenvalue weighted by atomic mass is 32.2. The molecule has 1 amide bonds. The summed E-state index contributed by atoms with van der Waals surface area (Å²) in [4.78, 5) is 23.8. The standard InChI is InChI=1S/C10H19NO3S/c1-7(2)5-11(6-9(12)13)10(14)8(3)15-4/h7-8H,5-6H2,1-4H3,(H,12,13). The van der Waals surface area contributed by atoms with Gasteiger partial charge in [0.25, 0.3) is 0 Å². The molecule has 88 valence electrons. The number of amides is 1. The largest absolute Gasteiger partial charge is 0.480 e. The molecule has 0 saturated heterocycles. The van der Waals surface area contributed by atoms with Crippen LogP contribution >= 0.6 is 11.8 Å². The second-order valence-electron chi connectivity index (χ2n) is 3.88. The van der Waals surface area contributed by atoms with E-state index in [1.165, 1.54) is 16.7 Å². The fourth-order valence-corrected chi connectivity index (χ4v) is 1.55. The van der Waals surface area contributed by atoms with Gasteiger partial charge in [-0.15, -0.1) is 0 Å². The summed E-state index contributed by atoms with van der Waals surface area (Å²) >= 11 is 1.43. The van der Waals surface area contributed by atoms with Crippen LogP contribution in [0, 0.1) is 5.92 Å². The van der Waals surface area contributed by atoms with Gasteiger partial charge in [-0.3, -0.25) is 9.59 Å². The maximum atomic E-state index is 11.8. The van der Waals surface area contributed by atoms with Crippen molar-refractivity contribution < 1.29 is 14.7 Å². The Bertz CT molecular complexity index is 231. The van der Waals surface area contributed by atoms with Crippen LogP contribution in [-0.4, -0.2) is 46.5 Å². The Morgan fingerprint density at radius 1 is 1.33 bits per heavy atom. The maximum Gasteiger partial charge on any atom is 0.323 e. The lowest BCUT2D eigenvalue weighted by atomic mass is 10.2. The number of aliphatic carboxylic acids is 1. The minimum atomic E-state index is -0.961. The molecule has 0 aromatic carbocycles. The van der Waals surface area contributed by atoms with Crippen molar-refractivity contribution in [3.05, 3.63) is 0 Å². The molecule has 0 rings (SSSR count). The number of carboxylic acid groups (broad SMARTS) is 1. The van der Waals surface area contributed by atoms with Crippen molar-refractivity contribution >= 4 is 23.6 Å². The predicted molar refractivity (Wildman–Crippen MR) is 62.0 cm³/mol. The van der Waals surface area contributed by atoms with Crippen molar-refractivity contribution in [2.45, 2.75) is 26.0 Å². The first-order chi connectivity index (χ1) is 6.88. The average molecular weight is 233 g/mol. The van der Waals surface area contributed by atoms with Crippen molar-refractivity contribution in [1.29, 1.82) is 0 Å². The molecular weight excluding hydrogens is 214 g/mol. The lowest BCUT2D eigenvalue weighted by Gasteiger charge is -2.25. The molecule has 0 spiro atoms. The minimum absolute atomic E-state index is 0.0985. The van der Waals surface area contributed by atoms with E-state index < -0.39 is 5.97 Å². The average Bonchev–Trinajstić information content (AvgIpc) is 2.13. The molecule has 0 heterocycles. The van der Waals surface area contributed by atoms with Gasteiger partial charge in [-0.2, -0.15) is 11.8 Å². The lowest BCUT2D eigenvalue weighted by Crippen LogP contribution is -2.42. The Morgan fingerprint density at radius 3 is 2.20 bits per heavy atom. The summed E-state index contributed by atoms with van der Waals surface area (Å²) in [7, 11) is 0. The Kier molecular flexibility index (Phi) is 6.40. The Balaban J connectivity index is 4.47. The van der Waals surface area contributed by atoms with Crippen molar-refractivity contribution in [2.75, 3.05) is 19.3 Å². The van der Waals surface area contributed by atoms with Crippen LogP contribution in [0.1, 0.15) is 20.8 Å². The smallest absolute Gasteiger partial charge is 0.323 e. The molecule has 0 fully saturated rings. The molecule has 1 atom stereocenters. The zero-order valence-electron chi connectivity index (χ0n) is 9.69. The van der Waals surface area contributed by atoms with Crippen LogP contribution in [0.2, 0.25) is 0 Å². The lowest BCUT2D eigenvalue weighted by molar-refractivity contribution is -0.144. The Morgan fingerprint density at radius 2 is 1.87 bits per heavy atom. The van der Waals surface area contributed by atoms with Gasteiger partial charge in [-0.1, -0.05) is 13.8 Å². The highest BCUT2D eigenvalue weighted by molar-refractivity contribution is 7.99. The summed E-state index contributed by atoms with van der Waals surface area (Å²) in [6, 6.07) is 0. The zero-order valence-corrected chi connectivity index (χ0v) is 10.5. The van der Waals surface area contributed by atoms with Gasteiger partial charge in [-0.25, -0.2) is 0 Å². The minimum Gasteiger partial charge on any atom is -0.480 e. The third kappa shape index (κ3) is 5.67. The van der Waals surface area contributed by atoms with Gasteiger partial charge in [0.2, 0.25) is 5.91 Å². The van der Waals surface area contributed by atoms with Gasteiger partial charge in [0.15, 0.2) is 0 Å². The number of carboxylic acids is 1. The second kappa shape index (κ2) is 6.71. The number of carbonyl (C=O) groups excluding carboxylic acids is 1. The molecule has 1 N–H and O–H groups in total. The summed E-state index contributed by atoms with van der Waals surface area (Å²) in [5, 5.41) is 8.52. The number of thioether (sulfide) groups is 1. The Hall–Kier alpha value is -0.710. The first kappa shape index (κ1) is 14.3. The second-order valence-corrected chi connectivity index (χ2v) is 5.06. The molecule has 0 aliphatic carbocycles. The highest BCUT2D eigenvalue weighted by Gasteiger charge is 2.22. The van der Waals surface area contributed by atoms with Gasteiger partial charge in [-0.05, 0) is 19.1 Å². The summed E-state index contributed by atoms with van der Waals surface area (Å²) in [5.74, 6) is -0.779. The van der Waals surface area contributed by atoms with E-state index in [1.54, 1.807) is 6.92 Å². The van der Waals surface area contributed by atoms with Gasteiger partial charge >= 0.3 is 5.97 Å². The quantitative estimate of drug-likeness (QED) is 0.751. The monoisotopic (exact) mass is 233 g/mol. The summed E-state index contributed by atoms with van der Waals surface area (Å²) in [5.41, 5.74) is 0. The van der Waals surface area contributed by atoms with Crippen LogP contribution in [-0.2, 0) is 9.59 Å². The van der Waals surface area contributed by atoms with Crippen LogP contribution in [0.5, 0.6) is 0 Å². The fourth-order valence-electron chi connectivity index (χ4n) is 1.19. The SMILES string of the molecule is CSC(C)C(=O)N(CC(=O)O)CC(C)C. The van der Waals surface area contributed by atoms with Crippen molar-refractivity contribution in [3.63, 3.8) is 0 Å². The number of nitrogens with zero attached hydrogens (tertiary/aromatic N) is 1. The normalized spacial score (nSPS) is 12.6. The number of carbonyl (C=O) groups is 2. The molecule has 0 aliphatic heterocycles. The summed E-state index contributed by atoms with van der Waals surface area (Å²) in [6.45, 7) is 6.01. The van der Waals surface area contributed by atoms with E-state index in [2.05, 4.69) is 0 Å². The van der Waals surface area contributed by atoms with Crippen LogP contribution in [0.3, 0.4) is 0 Å². The summed E-state index contributed by atoms with van der Waals surface area (Å²) < 4.78 is 0. The molecule has 0 aromatic rings. The van der Waals surface area contributed by atoms with E-state index in [0.29, 0.717) is 6.54 Å². The van der Waals surface area contributed by atoms with Crippen LogP contribution < -0.4 is 0 Å². The molecule has 0 aliphatic rings. The number of hydrogen-bond donors (Lipinski definition) is 1. The van der Waals surface area contributed by atoms with Crippen LogP contribution in [0.15, 0.2) is 0 Å². The van der Waals surface area contributed by atoms with Gasteiger partial charge < -0.3 is 10.0 Å². The van der Waals surface area contributed by atoms with Gasteiger partial charge in [0, 0.05) is 6.54 Å². The van der Waals surface area contributed by atoms with Crippen molar-refractivity contribution in [2.24, 2.45) is 5.92 Å². The molecular formula is C10H19NO3S. The first-order valence-corrected chi connectivity index (χ1v) is 6.20. The maximum absolute atomic E-state index is 11.8. The third-order valence-electron chi connectivity index (χ3n) is 1.92. The van der Waals surface area contributed by atoms with E-state index in [-0.39, 0.29) is 23.6 Å². The molecule has 4 nitrogen and oxygen atoms in total.